The molecule has 4 N–H and O–H groups in total. The van der Waals surface area contributed by atoms with Crippen LogP contribution in [-0.2, 0) is 28.4 Å². The molecule has 0 radical (unpaired) electrons. The van der Waals surface area contributed by atoms with E-state index in [4.69, 9.17) is 15.9 Å². The van der Waals surface area contributed by atoms with Gasteiger partial charge >= 0.3 is 0 Å². The van der Waals surface area contributed by atoms with Crippen LogP contribution in [0.5, 0.6) is 0 Å². The molecule has 1 aromatic carbocycles. The van der Waals surface area contributed by atoms with Gasteiger partial charge in [-0.2, -0.15) is 0 Å². The highest BCUT2D eigenvalue weighted by Gasteiger charge is 2.19. The molecule has 0 fully saturated rings. The maximum atomic E-state index is 12.9. The van der Waals surface area contributed by atoms with Gasteiger partial charge in [-0.1, -0.05) is 23.9 Å². The number of aromatic nitrogens is 5. The predicted octanol–water partition coefficient (Wildman–Crippen LogP) is 0.901. The van der Waals surface area contributed by atoms with Crippen molar-refractivity contribution in [1.82, 2.24) is 24.3 Å². The van der Waals surface area contributed by atoms with Gasteiger partial charge in [0.25, 0.3) is 5.56 Å². The van der Waals surface area contributed by atoms with Gasteiger partial charge in [-0.3, -0.25) is 23.5 Å². The van der Waals surface area contributed by atoms with Crippen molar-refractivity contribution < 1.29 is 14.0 Å². The second kappa shape index (κ2) is 9.06. The predicted molar refractivity (Wildman–Crippen MR) is 116 cm³/mol. The molecule has 4 rings (SSSR count). The number of nitrogens with zero attached hydrogens (tertiary/aromatic N) is 5. The van der Waals surface area contributed by atoms with Crippen LogP contribution in [-0.4, -0.2) is 36.1 Å². The number of amides is 2. The Kier molecular flexibility index (Phi) is 6.03. The van der Waals surface area contributed by atoms with E-state index in [1.54, 1.807) is 41.0 Å². The lowest BCUT2D eigenvalue weighted by Crippen LogP contribution is -2.31. The number of thioether (sulfide) groups is 1. The number of hydrogen-bond acceptors (Lipinski definition) is 8. The molecule has 2 amide bonds. The fourth-order valence-corrected chi connectivity index (χ4v) is 4.09. The van der Waals surface area contributed by atoms with Gasteiger partial charge in [0.05, 0.1) is 22.9 Å². The van der Waals surface area contributed by atoms with E-state index in [-0.39, 0.29) is 30.8 Å². The molecule has 0 saturated heterocycles. The molecule has 0 aliphatic rings. The van der Waals surface area contributed by atoms with Crippen molar-refractivity contribution in [2.75, 3.05) is 0 Å². The molecule has 0 atom stereocenters. The maximum absolute atomic E-state index is 12.9. The summed E-state index contributed by atoms with van der Waals surface area (Å²) in [7, 11) is 0. The summed E-state index contributed by atoms with van der Waals surface area (Å²) in [4.78, 5) is 40.4. The Morgan fingerprint density at radius 3 is 2.56 bits per heavy atom. The highest BCUT2D eigenvalue weighted by Crippen LogP contribution is 2.27. The number of hydrogen-bond donors (Lipinski definition) is 2. The Hall–Kier alpha value is -3.93. The van der Waals surface area contributed by atoms with Gasteiger partial charge in [-0.05, 0) is 24.3 Å². The summed E-state index contributed by atoms with van der Waals surface area (Å²) < 4.78 is 8.39. The molecule has 11 nitrogen and oxygen atoms in total. The fraction of sp³-hybridized carbons (Fsp3) is 0.200. The van der Waals surface area contributed by atoms with Crippen molar-refractivity contribution in [2.24, 2.45) is 11.5 Å². The Balaban J connectivity index is 1.69. The minimum Gasteiger partial charge on any atom is -0.461 e. The third-order valence-electron chi connectivity index (χ3n) is 4.63. The van der Waals surface area contributed by atoms with Crippen LogP contribution in [0.3, 0.4) is 0 Å². The van der Waals surface area contributed by atoms with Gasteiger partial charge < -0.3 is 15.9 Å². The SMILES string of the molecule is NC(=O)CCn1c(SCc2nc3ccccc3c(=O)n2CC(N)=O)nnc1-c1ccco1. The number of carbonyl (C=O) groups is 2. The van der Waals surface area contributed by atoms with Crippen molar-refractivity contribution in [3.63, 3.8) is 0 Å². The standard InChI is InChI=1S/C20H19N7O4S/c21-15(28)7-8-26-18(14-6-3-9-31-14)24-25-20(26)32-11-17-23-13-5-2-1-4-12(13)19(30)27(17)10-16(22)29/h1-6,9H,7-8,10-11H2,(H2,21,28)(H2,22,29). The Morgan fingerprint density at radius 2 is 1.84 bits per heavy atom. The number of carbonyl (C=O) groups excluding carboxylic acids is 2. The molecule has 3 aromatic heterocycles. The monoisotopic (exact) mass is 453 g/mol. The molecular weight excluding hydrogens is 434 g/mol. The normalized spacial score (nSPS) is 11.1. The molecule has 164 valence electrons. The fourth-order valence-electron chi connectivity index (χ4n) is 3.18. The number of para-hydroxylation sites is 1. The Morgan fingerprint density at radius 1 is 1.03 bits per heavy atom. The van der Waals surface area contributed by atoms with Crippen LogP contribution in [0.4, 0.5) is 0 Å². The molecule has 0 aliphatic carbocycles. The zero-order valence-electron chi connectivity index (χ0n) is 16.8. The van der Waals surface area contributed by atoms with Gasteiger partial charge in [0, 0.05) is 13.0 Å². The number of primary amides is 2. The van der Waals surface area contributed by atoms with E-state index in [0.29, 0.717) is 33.5 Å². The van der Waals surface area contributed by atoms with Gasteiger partial charge in [-0.25, -0.2) is 4.98 Å². The van der Waals surface area contributed by atoms with Crippen LogP contribution in [0.2, 0.25) is 0 Å². The first-order valence-corrected chi connectivity index (χ1v) is 10.6. The number of nitrogens with two attached hydrogens (primary N) is 2. The van der Waals surface area contributed by atoms with Gasteiger partial charge in [0.1, 0.15) is 12.4 Å². The first-order valence-electron chi connectivity index (χ1n) is 9.59. The lowest BCUT2D eigenvalue weighted by molar-refractivity contribution is -0.119. The molecule has 0 saturated carbocycles. The number of fused-ring (bicyclic) bond motifs is 1. The summed E-state index contributed by atoms with van der Waals surface area (Å²) in [5.41, 5.74) is 10.8. The van der Waals surface area contributed by atoms with Crippen LogP contribution in [0.25, 0.3) is 22.5 Å². The van der Waals surface area contributed by atoms with E-state index >= 15 is 0 Å². The summed E-state index contributed by atoms with van der Waals surface area (Å²) in [5.74, 6) is 0.386. The van der Waals surface area contributed by atoms with Crippen LogP contribution in [0.1, 0.15) is 12.2 Å². The molecule has 0 spiro atoms. The average molecular weight is 453 g/mol. The maximum Gasteiger partial charge on any atom is 0.261 e. The number of benzene rings is 1. The highest BCUT2D eigenvalue weighted by molar-refractivity contribution is 7.98. The van der Waals surface area contributed by atoms with Gasteiger partial charge in [-0.15, -0.1) is 10.2 Å². The van der Waals surface area contributed by atoms with Gasteiger partial charge in [0.15, 0.2) is 16.7 Å². The van der Waals surface area contributed by atoms with E-state index in [0.717, 1.165) is 0 Å². The largest absolute Gasteiger partial charge is 0.461 e. The first-order chi connectivity index (χ1) is 15.4. The van der Waals surface area contributed by atoms with E-state index in [9.17, 15) is 14.4 Å². The van der Waals surface area contributed by atoms with Crippen LogP contribution >= 0.6 is 11.8 Å². The summed E-state index contributed by atoms with van der Waals surface area (Å²) in [6, 6.07) is 10.3. The minimum atomic E-state index is -0.653. The third kappa shape index (κ3) is 4.39. The topological polar surface area (TPSA) is 165 Å². The summed E-state index contributed by atoms with van der Waals surface area (Å²) in [6.07, 6.45) is 1.59. The van der Waals surface area contributed by atoms with Crippen LogP contribution in [0, 0.1) is 0 Å². The van der Waals surface area contributed by atoms with Crippen molar-refractivity contribution in [3.8, 4) is 11.6 Å². The molecule has 0 bridgehead atoms. The van der Waals surface area contributed by atoms with Crippen molar-refractivity contribution in [1.29, 1.82) is 0 Å². The van der Waals surface area contributed by atoms with E-state index in [2.05, 4.69) is 15.2 Å². The lowest BCUT2D eigenvalue weighted by Gasteiger charge is -2.12. The average Bonchev–Trinajstić information content (AvgIpc) is 3.42. The lowest BCUT2D eigenvalue weighted by atomic mass is 10.2. The third-order valence-corrected chi connectivity index (χ3v) is 5.59. The Bertz CT molecular complexity index is 1340. The second-order valence-corrected chi connectivity index (χ2v) is 7.79. The zero-order valence-corrected chi connectivity index (χ0v) is 17.6. The quantitative estimate of drug-likeness (QED) is 0.353. The molecule has 3 heterocycles. The molecular formula is C20H19N7O4S. The zero-order chi connectivity index (χ0) is 22.7. The highest BCUT2D eigenvalue weighted by atomic mass is 32.2. The Labute approximate surface area is 185 Å². The summed E-state index contributed by atoms with van der Waals surface area (Å²) in [6.45, 7) is -0.0431. The molecule has 32 heavy (non-hydrogen) atoms. The van der Waals surface area contributed by atoms with E-state index < -0.39 is 11.8 Å². The minimum absolute atomic E-state index is 0.0833. The van der Waals surface area contributed by atoms with Crippen molar-refractivity contribution >= 4 is 34.5 Å². The van der Waals surface area contributed by atoms with Crippen LogP contribution in [0.15, 0.2) is 57.0 Å². The molecule has 0 aliphatic heterocycles. The van der Waals surface area contributed by atoms with Gasteiger partial charge in [0.2, 0.25) is 11.8 Å². The van der Waals surface area contributed by atoms with E-state index in [1.807, 2.05) is 0 Å². The molecule has 4 aromatic rings. The van der Waals surface area contributed by atoms with Crippen molar-refractivity contribution in [2.45, 2.75) is 30.4 Å². The van der Waals surface area contributed by atoms with E-state index in [1.165, 1.54) is 22.6 Å². The van der Waals surface area contributed by atoms with Crippen molar-refractivity contribution in [3.05, 3.63) is 58.8 Å². The number of furan rings is 1. The molecule has 0 unspecified atom stereocenters. The summed E-state index contributed by atoms with van der Waals surface area (Å²) >= 11 is 1.25. The number of rotatable bonds is 9. The first kappa shape index (κ1) is 21.3. The van der Waals surface area contributed by atoms with Crippen LogP contribution < -0.4 is 17.0 Å². The summed E-state index contributed by atoms with van der Waals surface area (Å²) in [5, 5.41) is 9.24. The molecule has 12 heteroatoms. The smallest absolute Gasteiger partial charge is 0.261 e. The second-order valence-electron chi connectivity index (χ2n) is 6.84.